The summed E-state index contributed by atoms with van der Waals surface area (Å²) in [4.78, 5) is 0. The maximum absolute atomic E-state index is 5.85. The second-order valence-corrected chi connectivity index (χ2v) is 4.71. The molecule has 2 heteroatoms. The Labute approximate surface area is 96.4 Å². The minimum Gasteiger partial charge on any atom is -0.493 e. The van der Waals surface area contributed by atoms with Gasteiger partial charge in [0.2, 0.25) is 0 Å². The molecule has 1 nitrogen and oxygen atoms in total. The van der Waals surface area contributed by atoms with Gasteiger partial charge in [-0.2, -0.15) is 0 Å². The van der Waals surface area contributed by atoms with Crippen LogP contribution < -0.4 is 4.74 Å². The molecule has 0 saturated heterocycles. The number of ether oxygens (including phenoxy) is 1. The minimum absolute atomic E-state index is 0.574. The maximum atomic E-state index is 5.85. The fourth-order valence-electron chi connectivity index (χ4n) is 1.83. The van der Waals surface area contributed by atoms with E-state index in [1.54, 1.807) is 0 Å². The molecule has 82 valence electrons. The normalized spacial score (nSPS) is 15.4. The van der Waals surface area contributed by atoms with Crippen molar-refractivity contribution in [3.8, 4) is 5.75 Å². The van der Waals surface area contributed by atoms with E-state index in [9.17, 15) is 0 Å². The first kappa shape index (κ1) is 10.8. The summed E-state index contributed by atoms with van der Waals surface area (Å²) in [5.41, 5.74) is 3.57. The number of alkyl halides is 1. The second-order valence-electron chi connectivity index (χ2n) is 4.45. The summed E-state index contributed by atoms with van der Waals surface area (Å²) in [6, 6.07) is 4.23. The molecule has 0 bridgehead atoms. The first-order valence-corrected chi connectivity index (χ1v) is 6.03. The van der Waals surface area contributed by atoms with E-state index in [0.29, 0.717) is 5.88 Å². The average Bonchev–Trinajstić information content (AvgIpc) is 3.00. The SMILES string of the molecule is Cc1cc(CCl)cc(C)c1OCC1CC1. The van der Waals surface area contributed by atoms with E-state index in [4.69, 9.17) is 16.3 Å². The molecule has 0 aliphatic heterocycles. The lowest BCUT2D eigenvalue weighted by Crippen LogP contribution is -2.02. The smallest absolute Gasteiger partial charge is 0.125 e. The quantitative estimate of drug-likeness (QED) is 0.707. The van der Waals surface area contributed by atoms with Crippen LogP contribution in [0.15, 0.2) is 12.1 Å². The van der Waals surface area contributed by atoms with Crippen molar-refractivity contribution in [3.05, 3.63) is 28.8 Å². The average molecular weight is 225 g/mol. The largest absolute Gasteiger partial charge is 0.493 e. The van der Waals surface area contributed by atoms with Gasteiger partial charge >= 0.3 is 0 Å². The Bertz CT molecular complexity index is 333. The molecule has 1 aliphatic carbocycles. The van der Waals surface area contributed by atoms with Crippen molar-refractivity contribution < 1.29 is 4.74 Å². The van der Waals surface area contributed by atoms with Crippen LogP contribution in [-0.4, -0.2) is 6.61 Å². The number of hydrogen-bond donors (Lipinski definition) is 0. The molecule has 0 unspecified atom stereocenters. The molecule has 1 saturated carbocycles. The summed E-state index contributed by atoms with van der Waals surface area (Å²) < 4.78 is 5.85. The minimum atomic E-state index is 0.574. The third-order valence-electron chi connectivity index (χ3n) is 2.83. The van der Waals surface area contributed by atoms with E-state index in [1.807, 2.05) is 0 Å². The molecule has 1 aromatic carbocycles. The van der Waals surface area contributed by atoms with Gasteiger partial charge in [0, 0.05) is 5.88 Å². The van der Waals surface area contributed by atoms with E-state index in [2.05, 4.69) is 26.0 Å². The molecular weight excluding hydrogens is 208 g/mol. The highest BCUT2D eigenvalue weighted by atomic mass is 35.5. The Balaban J connectivity index is 2.13. The number of aryl methyl sites for hydroxylation is 2. The van der Waals surface area contributed by atoms with Crippen LogP contribution in [0, 0.1) is 19.8 Å². The molecule has 2 rings (SSSR count). The highest BCUT2D eigenvalue weighted by Crippen LogP contribution is 2.32. The van der Waals surface area contributed by atoms with Gasteiger partial charge in [0.15, 0.2) is 0 Å². The van der Waals surface area contributed by atoms with Gasteiger partial charge in [-0.05, 0) is 49.3 Å². The lowest BCUT2D eigenvalue weighted by molar-refractivity contribution is 0.296. The van der Waals surface area contributed by atoms with Crippen LogP contribution in [0.2, 0.25) is 0 Å². The van der Waals surface area contributed by atoms with E-state index in [-0.39, 0.29) is 0 Å². The predicted molar refractivity (Wildman–Crippen MR) is 63.7 cm³/mol. The fraction of sp³-hybridized carbons (Fsp3) is 0.538. The van der Waals surface area contributed by atoms with Gasteiger partial charge in [-0.1, -0.05) is 12.1 Å². The van der Waals surface area contributed by atoms with Crippen molar-refractivity contribution in [1.29, 1.82) is 0 Å². The molecule has 15 heavy (non-hydrogen) atoms. The molecule has 0 heterocycles. The van der Waals surface area contributed by atoms with Crippen LogP contribution in [0.5, 0.6) is 5.75 Å². The molecule has 0 amide bonds. The third kappa shape index (κ3) is 2.66. The molecule has 1 aromatic rings. The van der Waals surface area contributed by atoms with Gasteiger partial charge in [0.05, 0.1) is 6.61 Å². The monoisotopic (exact) mass is 224 g/mol. The summed E-state index contributed by atoms with van der Waals surface area (Å²) in [5, 5.41) is 0. The van der Waals surface area contributed by atoms with Gasteiger partial charge in [-0.25, -0.2) is 0 Å². The standard InChI is InChI=1S/C13H17ClO/c1-9-5-12(7-14)6-10(2)13(9)15-8-11-3-4-11/h5-6,11H,3-4,7-8H2,1-2H3. The molecule has 1 aliphatic rings. The number of halogens is 1. The summed E-state index contributed by atoms with van der Waals surface area (Å²) in [7, 11) is 0. The fourth-order valence-corrected chi connectivity index (χ4v) is 1.98. The zero-order valence-corrected chi connectivity index (χ0v) is 10.1. The summed E-state index contributed by atoms with van der Waals surface area (Å²) in [5.74, 6) is 2.43. The van der Waals surface area contributed by atoms with Gasteiger partial charge in [0.25, 0.3) is 0 Å². The van der Waals surface area contributed by atoms with Crippen molar-refractivity contribution in [3.63, 3.8) is 0 Å². The zero-order valence-electron chi connectivity index (χ0n) is 9.35. The van der Waals surface area contributed by atoms with Gasteiger partial charge in [-0.3, -0.25) is 0 Å². The van der Waals surface area contributed by atoms with Crippen molar-refractivity contribution in [2.75, 3.05) is 6.61 Å². The van der Waals surface area contributed by atoms with Crippen LogP contribution in [0.3, 0.4) is 0 Å². The number of hydrogen-bond acceptors (Lipinski definition) is 1. The van der Waals surface area contributed by atoms with Crippen molar-refractivity contribution >= 4 is 11.6 Å². The Morgan fingerprint density at radius 1 is 1.27 bits per heavy atom. The zero-order chi connectivity index (χ0) is 10.8. The molecule has 0 spiro atoms. The van der Waals surface area contributed by atoms with Crippen LogP contribution in [0.4, 0.5) is 0 Å². The van der Waals surface area contributed by atoms with E-state index < -0.39 is 0 Å². The molecule has 0 radical (unpaired) electrons. The summed E-state index contributed by atoms with van der Waals surface area (Å²) in [6.07, 6.45) is 2.66. The van der Waals surface area contributed by atoms with Crippen LogP contribution in [0.1, 0.15) is 29.5 Å². The maximum Gasteiger partial charge on any atom is 0.125 e. The summed E-state index contributed by atoms with van der Waals surface area (Å²) >= 11 is 5.82. The first-order chi connectivity index (χ1) is 7.20. The molecule has 0 N–H and O–H groups in total. The Morgan fingerprint density at radius 3 is 2.33 bits per heavy atom. The van der Waals surface area contributed by atoms with E-state index in [1.165, 1.54) is 29.5 Å². The number of rotatable bonds is 4. The van der Waals surface area contributed by atoms with Gasteiger partial charge < -0.3 is 4.74 Å². The third-order valence-corrected chi connectivity index (χ3v) is 3.14. The Morgan fingerprint density at radius 2 is 1.87 bits per heavy atom. The van der Waals surface area contributed by atoms with Crippen molar-refractivity contribution in [2.24, 2.45) is 5.92 Å². The highest BCUT2D eigenvalue weighted by molar-refractivity contribution is 6.17. The van der Waals surface area contributed by atoms with Gasteiger partial charge in [-0.15, -0.1) is 11.6 Å². The van der Waals surface area contributed by atoms with Crippen molar-refractivity contribution in [2.45, 2.75) is 32.6 Å². The van der Waals surface area contributed by atoms with Crippen LogP contribution >= 0.6 is 11.6 Å². The second kappa shape index (κ2) is 4.44. The van der Waals surface area contributed by atoms with Gasteiger partial charge in [0.1, 0.15) is 5.75 Å². The Hall–Kier alpha value is -0.690. The molecule has 0 atom stereocenters. The molecular formula is C13H17ClO. The molecule has 1 fully saturated rings. The molecule has 0 aromatic heterocycles. The summed E-state index contributed by atoms with van der Waals surface area (Å²) in [6.45, 7) is 5.05. The lowest BCUT2D eigenvalue weighted by Gasteiger charge is -2.13. The highest BCUT2D eigenvalue weighted by Gasteiger charge is 2.22. The van der Waals surface area contributed by atoms with E-state index in [0.717, 1.165) is 18.3 Å². The lowest BCUT2D eigenvalue weighted by atomic mass is 10.1. The number of benzene rings is 1. The van der Waals surface area contributed by atoms with Crippen molar-refractivity contribution in [1.82, 2.24) is 0 Å². The van der Waals surface area contributed by atoms with Crippen LogP contribution in [0.25, 0.3) is 0 Å². The first-order valence-electron chi connectivity index (χ1n) is 5.49. The van der Waals surface area contributed by atoms with Crippen LogP contribution in [-0.2, 0) is 5.88 Å². The Kier molecular flexibility index (Phi) is 3.20. The van der Waals surface area contributed by atoms with E-state index >= 15 is 0 Å². The predicted octanol–water partition coefficient (Wildman–Crippen LogP) is 3.83. The topological polar surface area (TPSA) is 9.23 Å².